The average molecular weight is 315 g/mol. The number of aromatic nitrogens is 2. The van der Waals surface area contributed by atoms with Gasteiger partial charge in [0.15, 0.2) is 0 Å². The fourth-order valence-corrected chi connectivity index (χ4v) is 2.79. The third kappa shape index (κ3) is 2.30. The van der Waals surface area contributed by atoms with Crippen LogP contribution < -0.4 is 0 Å². The Balaban J connectivity index is 2.06. The second kappa shape index (κ2) is 5.17. The van der Waals surface area contributed by atoms with E-state index in [1.54, 1.807) is 0 Å². The summed E-state index contributed by atoms with van der Waals surface area (Å²) in [5, 5.41) is 0.999. The molecule has 2 nitrogen and oxygen atoms in total. The van der Waals surface area contributed by atoms with Crippen molar-refractivity contribution in [1.82, 2.24) is 9.55 Å². The maximum Gasteiger partial charge on any atom is 0.140 e. The number of fused-ring (bicyclic) bond motifs is 1. The minimum atomic E-state index is 0.999. The summed E-state index contributed by atoms with van der Waals surface area (Å²) in [5.74, 6) is 1.02. The standard InChI is InChI=1S/C16H15BrN2/c1-19-15-5-3-2-4-14(15)18-16(19)13-8-6-12(7-9-13)10-11-17/h2-9H,10-11H2,1H3. The van der Waals surface area contributed by atoms with E-state index in [0.29, 0.717) is 0 Å². The molecule has 0 aliphatic heterocycles. The van der Waals surface area contributed by atoms with Crippen molar-refractivity contribution >= 4 is 27.0 Å². The molecule has 0 amide bonds. The van der Waals surface area contributed by atoms with Crippen molar-refractivity contribution in [3.05, 3.63) is 54.1 Å². The summed E-state index contributed by atoms with van der Waals surface area (Å²) in [6.45, 7) is 0. The highest BCUT2D eigenvalue weighted by molar-refractivity contribution is 9.09. The number of alkyl halides is 1. The smallest absolute Gasteiger partial charge is 0.140 e. The van der Waals surface area contributed by atoms with Crippen molar-refractivity contribution in [1.29, 1.82) is 0 Å². The van der Waals surface area contributed by atoms with E-state index in [-0.39, 0.29) is 0 Å². The fraction of sp³-hybridized carbons (Fsp3) is 0.188. The highest BCUT2D eigenvalue weighted by Gasteiger charge is 2.08. The van der Waals surface area contributed by atoms with Crippen LogP contribution in [0.3, 0.4) is 0 Å². The molecule has 1 heterocycles. The molecule has 1 aromatic heterocycles. The zero-order valence-electron chi connectivity index (χ0n) is 10.8. The van der Waals surface area contributed by atoms with Gasteiger partial charge in [0.25, 0.3) is 0 Å². The summed E-state index contributed by atoms with van der Waals surface area (Å²) >= 11 is 3.47. The van der Waals surface area contributed by atoms with Crippen LogP contribution in [0.4, 0.5) is 0 Å². The molecule has 0 aliphatic rings. The van der Waals surface area contributed by atoms with Crippen molar-refractivity contribution in [3.8, 4) is 11.4 Å². The van der Waals surface area contributed by atoms with Gasteiger partial charge in [-0.1, -0.05) is 52.3 Å². The first-order chi connectivity index (χ1) is 9.29. The van der Waals surface area contributed by atoms with Gasteiger partial charge in [0.05, 0.1) is 11.0 Å². The lowest BCUT2D eigenvalue weighted by atomic mass is 10.1. The first kappa shape index (κ1) is 12.4. The van der Waals surface area contributed by atoms with Crippen LogP contribution in [0, 0.1) is 0 Å². The molecule has 0 fully saturated rings. The fourth-order valence-electron chi connectivity index (χ4n) is 2.33. The minimum absolute atomic E-state index is 0.999. The molecule has 3 heteroatoms. The number of hydrogen-bond donors (Lipinski definition) is 0. The van der Waals surface area contributed by atoms with Gasteiger partial charge in [-0.3, -0.25) is 0 Å². The normalized spacial score (nSPS) is 11.1. The van der Waals surface area contributed by atoms with E-state index in [9.17, 15) is 0 Å². The first-order valence-electron chi connectivity index (χ1n) is 6.36. The van der Waals surface area contributed by atoms with E-state index in [1.807, 2.05) is 12.1 Å². The molecule has 3 aromatic rings. The minimum Gasteiger partial charge on any atom is -0.327 e. The van der Waals surface area contributed by atoms with Crippen LogP contribution in [-0.2, 0) is 13.5 Å². The molecule has 2 aromatic carbocycles. The molecule has 19 heavy (non-hydrogen) atoms. The molecule has 0 atom stereocenters. The number of nitrogens with zero attached hydrogens (tertiary/aromatic N) is 2. The van der Waals surface area contributed by atoms with Gasteiger partial charge >= 0.3 is 0 Å². The Morgan fingerprint density at radius 2 is 1.79 bits per heavy atom. The quantitative estimate of drug-likeness (QED) is 0.663. The van der Waals surface area contributed by atoms with Crippen molar-refractivity contribution < 1.29 is 0 Å². The number of rotatable bonds is 3. The summed E-state index contributed by atoms with van der Waals surface area (Å²) in [5.41, 5.74) is 4.72. The van der Waals surface area contributed by atoms with E-state index in [0.717, 1.165) is 28.7 Å². The second-order valence-electron chi connectivity index (χ2n) is 4.62. The Morgan fingerprint density at radius 3 is 2.47 bits per heavy atom. The SMILES string of the molecule is Cn1c(-c2ccc(CCBr)cc2)nc2ccccc21. The number of para-hydroxylation sites is 2. The molecule has 0 radical (unpaired) electrons. The van der Waals surface area contributed by atoms with Gasteiger partial charge in [-0.25, -0.2) is 4.98 Å². The van der Waals surface area contributed by atoms with E-state index in [1.165, 1.54) is 11.1 Å². The molecule has 0 aliphatic carbocycles. The number of benzene rings is 2. The number of imidazole rings is 1. The van der Waals surface area contributed by atoms with Crippen LogP contribution in [0.25, 0.3) is 22.4 Å². The van der Waals surface area contributed by atoms with E-state index in [2.05, 4.69) is 63.9 Å². The van der Waals surface area contributed by atoms with Gasteiger partial charge < -0.3 is 4.57 Å². The number of aryl methyl sites for hydroxylation is 2. The van der Waals surface area contributed by atoms with Crippen molar-refractivity contribution in [2.24, 2.45) is 7.05 Å². The van der Waals surface area contributed by atoms with Crippen molar-refractivity contribution in [2.45, 2.75) is 6.42 Å². The Labute approximate surface area is 121 Å². The molecular formula is C16H15BrN2. The zero-order valence-corrected chi connectivity index (χ0v) is 12.4. The largest absolute Gasteiger partial charge is 0.327 e. The molecule has 0 bridgehead atoms. The molecule has 0 saturated heterocycles. The summed E-state index contributed by atoms with van der Waals surface area (Å²) < 4.78 is 2.15. The van der Waals surface area contributed by atoms with Gasteiger partial charge in [0.1, 0.15) is 5.82 Å². The van der Waals surface area contributed by atoms with E-state index < -0.39 is 0 Å². The topological polar surface area (TPSA) is 17.8 Å². The maximum absolute atomic E-state index is 4.71. The highest BCUT2D eigenvalue weighted by atomic mass is 79.9. The van der Waals surface area contributed by atoms with E-state index in [4.69, 9.17) is 4.98 Å². The lowest BCUT2D eigenvalue weighted by molar-refractivity contribution is 0.959. The van der Waals surface area contributed by atoms with Gasteiger partial charge in [-0.05, 0) is 24.1 Å². The summed E-state index contributed by atoms with van der Waals surface area (Å²) in [6, 6.07) is 16.9. The molecule has 3 rings (SSSR count). The molecular weight excluding hydrogens is 300 g/mol. The van der Waals surface area contributed by atoms with Crippen molar-refractivity contribution in [3.63, 3.8) is 0 Å². The maximum atomic E-state index is 4.71. The average Bonchev–Trinajstić information content (AvgIpc) is 2.78. The highest BCUT2D eigenvalue weighted by Crippen LogP contribution is 2.23. The predicted molar refractivity (Wildman–Crippen MR) is 83.6 cm³/mol. The number of hydrogen-bond acceptors (Lipinski definition) is 1. The third-order valence-electron chi connectivity index (χ3n) is 3.38. The van der Waals surface area contributed by atoms with Crippen LogP contribution in [0.15, 0.2) is 48.5 Å². The van der Waals surface area contributed by atoms with E-state index >= 15 is 0 Å². The Bertz CT molecular complexity index is 698. The third-order valence-corrected chi connectivity index (χ3v) is 3.78. The Morgan fingerprint density at radius 1 is 1.05 bits per heavy atom. The van der Waals surface area contributed by atoms with Crippen LogP contribution in [0.1, 0.15) is 5.56 Å². The summed E-state index contributed by atoms with van der Waals surface area (Å²) in [7, 11) is 2.07. The molecule has 0 spiro atoms. The monoisotopic (exact) mass is 314 g/mol. The zero-order chi connectivity index (χ0) is 13.2. The van der Waals surface area contributed by atoms with Gasteiger partial charge in [0.2, 0.25) is 0 Å². The molecule has 0 N–H and O–H groups in total. The molecule has 96 valence electrons. The van der Waals surface area contributed by atoms with Gasteiger partial charge in [0, 0.05) is 17.9 Å². The lowest BCUT2D eigenvalue weighted by Gasteiger charge is -2.04. The Kier molecular flexibility index (Phi) is 3.38. The first-order valence-corrected chi connectivity index (χ1v) is 7.48. The van der Waals surface area contributed by atoms with Crippen LogP contribution in [-0.4, -0.2) is 14.9 Å². The van der Waals surface area contributed by atoms with Crippen molar-refractivity contribution in [2.75, 3.05) is 5.33 Å². The molecule has 0 saturated carbocycles. The van der Waals surface area contributed by atoms with Crippen LogP contribution in [0.5, 0.6) is 0 Å². The van der Waals surface area contributed by atoms with Gasteiger partial charge in [-0.2, -0.15) is 0 Å². The van der Waals surface area contributed by atoms with Gasteiger partial charge in [-0.15, -0.1) is 0 Å². The number of halogens is 1. The molecule has 0 unspecified atom stereocenters. The predicted octanol–water partition coefficient (Wildman–Crippen LogP) is 4.18. The second-order valence-corrected chi connectivity index (χ2v) is 5.41. The van der Waals surface area contributed by atoms with Crippen LogP contribution >= 0.6 is 15.9 Å². The lowest BCUT2D eigenvalue weighted by Crippen LogP contribution is -1.93. The Hall–Kier alpha value is -1.61. The summed E-state index contributed by atoms with van der Waals surface area (Å²) in [4.78, 5) is 4.71. The summed E-state index contributed by atoms with van der Waals surface area (Å²) in [6.07, 6.45) is 1.06. The van der Waals surface area contributed by atoms with Crippen LogP contribution in [0.2, 0.25) is 0 Å².